The highest BCUT2D eigenvalue weighted by Gasteiger charge is 2.16. The van der Waals surface area contributed by atoms with Crippen LogP contribution < -0.4 is 0 Å². The van der Waals surface area contributed by atoms with Crippen LogP contribution in [0, 0.1) is 0 Å². The number of methoxy groups -OCH3 is 1. The first-order chi connectivity index (χ1) is 9.51. The molecule has 0 spiro atoms. The molecule has 5 heteroatoms. The summed E-state index contributed by atoms with van der Waals surface area (Å²) < 4.78 is 5.15. The van der Waals surface area contributed by atoms with E-state index in [4.69, 9.17) is 27.9 Å². The predicted molar refractivity (Wildman–Crippen MR) is 84.0 cm³/mol. The first-order valence-corrected chi connectivity index (χ1v) is 7.47. The first kappa shape index (κ1) is 17.4. The summed E-state index contributed by atoms with van der Waals surface area (Å²) in [5.41, 5.74) is 0.495. The number of benzene rings is 1. The number of carbonyl (C=O) groups excluding carboxylic acids is 1. The van der Waals surface area contributed by atoms with E-state index in [9.17, 15) is 4.79 Å². The number of hydrogen-bond acceptors (Lipinski definition) is 3. The SMILES string of the molecule is CCN(CCC(=O)c1cccc(Cl)c1Cl)C(C)COC. The second-order valence-corrected chi connectivity index (χ2v) is 5.49. The lowest BCUT2D eigenvalue weighted by Crippen LogP contribution is -2.37. The van der Waals surface area contributed by atoms with E-state index in [0.717, 1.165) is 6.54 Å². The van der Waals surface area contributed by atoms with E-state index in [1.54, 1.807) is 25.3 Å². The van der Waals surface area contributed by atoms with Crippen molar-refractivity contribution in [1.82, 2.24) is 4.90 Å². The van der Waals surface area contributed by atoms with Crippen molar-refractivity contribution in [3.05, 3.63) is 33.8 Å². The standard InChI is InChI=1S/C15H21Cl2NO2/c1-4-18(11(2)10-20-3)9-8-14(19)12-6-5-7-13(16)15(12)17/h5-7,11H,4,8-10H2,1-3H3. The van der Waals surface area contributed by atoms with Crippen LogP contribution in [0.1, 0.15) is 30.6 Å². The van der Waals surface area contributed by atoms with Gasteiger partial charge in [-0.15, -0.1) is 0 Å². The smallest absolute Gasteiger partial charge is 0.165 e. The fourth-order valence-electron chi connectivity index (χ4n) is 2.14. The van der Waals surface area contributed by atoms with Gasteiger partial charge in [0.2, 0.25) is 0 Å². The Kier molecular flexibility index (Phi) is 7.52. The van der Waals surface area contributed by atoms with Crippen LogP contribution in [0.15, 0.2) is 18.2 Å². The highest BCUT2D eigenvalue weighted by atomic mass is 35.5. The molecule has 112 valence electrons. The van der Waals surface area contributed by atoms with E-state index >= 15 is 0 Å². The van der Waals surface area contributed by atoms with Crippen molar-refractivity contribution >= 4 is 29.0 Å². The van der Waals surface area contributed by atoms with E-state index in [2.05, 4.69) is 18.7 Å². The largest absolute Gasteiger partial charge is 0.383 e. The van der Waals surface area contributed by atoms with Gasteiger partial charge in [-0.2, -0.15) is 0 Å². The van der Waals surface area contributed by atoms with Crippen LogP contribution in [0.2, 0.25) is 10.0 Å². The van der Waals surface area contributed by atoms with Crippen molar-refractivity contribution in [1.29, 1.82) is 0 Å². The van der Waals surface area contributed by atoms with Crippen molar-refractivity contribution in [2.45, 2.75) is 26.3 Å². The molecule has 0 aromatic heterocycles. The van der Waals surface area contributed by atoms with E-state index in [-0.39, 0.29) is 11.8 Å². The molecule has 0 heterocycles. The summed E-state index contributed by atoms with van der Waals surface area (Å²) in [4.78, 5) is 14.4. The highest BCUT2D eigenvalue weighted by Crippen LogP contribution is 2.26. The Balaban J connectivity index is 2.64. The fourth-order valence-corrected chi connectivity index (χ4v) is 2.54. The monoisotopic (exact) mass is 317 g/mol. The lowest BCUT2D eigenvalue weighted by Gasteiger charge is -2.26. The van der Waals surface area contributed by atoms with E-state index in [1.165, 1.54) is 0 Å². The number of Topliss-reactive ketones (excluding diaryl/α,β-unsaturated/α-hetero) is 1. The fraction of sp³-hybridized carbons (Fsp3) is 0.533. The second kappa shape index (κ2) is 8.63. The molecule has 1 rings (SSSR count). The van der Waals surface area contributed by atoms with Gasteiger partial charge in [-0.05, 0) is 25.6 Å². The van der Waals surface area contributed by atoms with Gasteiger partial charge in [-0.1, -0.05) is 36.2 Å². The molecular weight excluding hydrogens is 297 g/mol. The molecule has 1 unspecified atom stereocenters. The van der Waals surface area contributed by atoms with Crippen molar-refractivity contribution in [2.75, 3.05) is 26.8 Å². The van der Waals surface area contributed by atoms with Crippen molar-refractivity contribution in [3.8, 4) is 0 Å². The molecule has 0 radical (unpaired) electrons. The molecule has 0 N–H and O–H groups in total. The summed E-state index contributed by atoms with van der Waals surface area (Å²) in [6.07, 6.45) is 0.419. The van der Waals surface area contributed by atoms with Crippen LogP contribution in [-0.2, 0) is 4.74 Å². The zero-order chi connectivity index (χ0) is 15.1. The van der Waals surface area contributed by atoms with E-state index in [1.807, 2.05) is 0 Å². The van der Waals surface area contributed by atoms with Gasteiger partial charge in [-0.25, -0.2) is 0 Å². The average molecular weight is 318 g/mol. The third kappa shape index (κ3) is 4.74. The molecule has 20 heavy (non-hydrogen) atoms. The minimum Gasteiger partial charge on any atom is -0.383 e. The quantitative estimate of drug-likeness (QED) is 0.680. The van der Waals surface area contributed by atoms with Crippen LogP contribution >= 0.6 is 23.2 Å². The van der Waals surface area contributed by atoms with Gasteiger partial charge in [0.1, 0.15) is 0 Å². The van der Waals surface area contributed by atoms with Gasteiger partial charge in [0.15, 0.2) is 5.78 Å². The Morgan fingerprint density at radius 2 is 2.10 bits per heavy atom. The number of carbonyl (C=O) groups is 1. The van der Waals surface area contributed by atoms with Crippen LogP contribution in [-0.4, -0.2) is 43.5 Å². The normalized spacial score (nSPS) is 12.7. The molecule has 3 nitrogen and oxygen atoms in total. The molecule has 0 fully saturated rings. The molecule has 0 saturated carbocycles. The summed E-state index contributed by atoms with van der Waals surface area (Å²) in [6.45, 7) is 6.37. The maximum Gasteiger partial charge on any atom is 0.165 e. The molecule has 0 bridgehead atoms. The molecule has 1 atom stereocenters. The summed E-state index contributed by atoms with van der Waals surface area (Å²) in [7, 11) is 1.68. The maximum atomic E-state index is 12.2. The Morgan fingerprint density at radius 1 is 1.40 bits per heavy atom. The third-order valence-corrected chi connectivity index (χ3v) is 4.13. The van der Waals surface area contributed by atoms with Crippen LogP contribution in [0.4, 0.5) is 0 Å². The molecule has 0 aliphatic heterocycles. The molecule has 1 aromatic carbocycles. The number of ketones is 1. The molecule has 0 aliphatic rings. The zero-order valence-corrected chi connectivity index (χ0v) is 13.7. The molecule has 0 saturated heterocycles. The number of halogens is 2. The van der Waals surface area contributed by atoms with Gasteiger partial charge in [0.25, 0.3) is 0 Å². The number of nitrogens with zero attached hydrogens (tertiary/aromatic N) is 1. The van der Waals surface area contributed by atoms with Gasteiger partial charge >= 0.3 is 0 Å². The zero-order valence-electron chi connectivity index (χ0n) is 12.2. The lowest BCUT2D eigenvalue weighted by molar-refractivity contribution is 0.0873. The lowest BCUT2D eigenvalue weighted by atomic mass is 10.1. The number of ether oxygens (including phenoxy) is 1. The summed E-state index contributed by atoms with van der Waals surface area (Å²) in [5, 5.41) is 0.754. The van der Waals surface area contributed by atoms with Gasteiger partial charge < -0.3 is 4.74 Å². The van der Waals surface area contributed by atoms with Gasteiger partial charge in [0, 0.05) is 31.7 Å². The Morgan fingerprint density at radius 3 is 2.70 bits per heavy atom. The Hall–Kier alpha value is -0.610. The van der Waals surface area contributed by atoms with E-state index < -0.39 is 0 Å². The summed E-state index contributed by atoms with van der Waals surface area (Å²) >= 11 is 12.0. The maximum absolute atomic E-state index is 12.2. The molecule has 0 amide bonds. The summed E-state index contributed by atoms with van der Waals surface area (Å²) in [5.74, 6) is 0.0144. The van der Waals surface area contributed by atoms with Crippen LogP contribution in [0.5, 0.6) is 0 Å². The first-order valence-electron chi connectivity index (χ1n) is 6.71. The highest BCUT2D eigenvalue weighted by molar-refractivity contribution is 6.43. The minimum atomic E-state index is 0.0144. The van der Waals surface area contributed by atoms with E-state index in [0.29, 0.717) is 35.2 Å². The third-order valence-electron chi connectivity index (χ3n) is 3.32. The molecule has 1 aromatic rings. The van der Waals surface area contributed by atoms with Crippen LogP contribution in [0.25, 0.3) is 0 Å². The predicted octanol–water partition coefficient (Wildman–Crippen LogP) is 3.92. The molecular formula is C15H21Cl2NO2. The van der Waals surface area contributed by atoms with Crippen molar-refractivity contribution in [3.63, 3.8) is 0 Å². The Bertz CT molecular complexity index is 451. The van der Waals surface area contributed by atoms with Crippen molar-refractivity contribution in [2.24, 2.45) is 0 Å². The number of likely N-dealkylation sites (N-methyl/N-ethyl adjacent to an activating group) is 1. The number of hydrogen-bond donors (Lipinski definition) is 0. The minimum absolute atomic E-state index is 0.0144. The second-order valence-electron chi connectivity index (χ2n) is 4.71. The summed E-state index contributed by atoms with van der Waals surface area (Å²) in [6, 6.07) is 5.42. The van der Waals surface area contributed by atoms with Gasteiger partial charge in [0.05, 0.1) is 16.7 Å². The van der Waals surface area contributed by atoms with Crippen molar-refractivity contribution < 1.29 is 9.53 Å². The van der Waals surface area contributed by atoms with Crippen LogP contribution in [0.3, 0.4) is 0 Å². The average Bonchev–Trinajstić information content (AvgIpc) is 2.42. The Labute approximate surface area is 130 Å². The number of rotatable bonds is 8. The topological polar surface area (TPSA) is 29.5 Å². The van der Waals surface area contributed by atoms with Gasteiger partial charge in [-0.3, -0.25) is 9.69 Å². The molecule has 0 aliphatic carbocycles.